The van der Waals surface area contributed by atoms with E-state index in [9.17, 15) is 4.79 Å². The van der Waals surface area contributed by atoms with E-state index in [1.54, 1.807) is 18.3 Å². The average Bonchev–Trinajstić information content (AvgIpc) is 3.10. The van der Waals surface area contributed by atoms with E-state index in [4.69, 9.17) is 4.74 Å². The number of amides is 1. The number of thiophene rings is 1. The lowest BCUT2D eigenvalue weighted by atomic mass is 10.0. The minimum Gasteiger partial charge on any atom is -0.481 e. The molecule has 0 aliphatic carbocycles. The highest BCUT2D eigenvalue weighted by atomic mass is 32.1. The van der Waals surface area contributed by atoms with Gasteiger partial charge in [-0.2, -0.15) is 11.3 Å². The molecule has 1 heterocycles. The average molecular weight is 375 g/mol. The maximum absolute atomic E-state index is 12.5. The van der Waals surface area contributed by atoms with Gasteiger partial charge in [-0.1, -0.05) is 26.0 Å². The van der Waals surface area contributed by atoms with E-state index in [1.807, 2.05) is 33.2 Å². The smallest absolute Gasteiger partial charge is 0.260 e. The molecule has 4 nitrogen and oxygen atoms in total. The van der Waals surface area contributed by atoms with Gasteiger partial charge in [0.2, 0.25) is 0 Å². The Morgan fingerprint density at radius 2 is 1.92 bits per heavy atom. The van der Waals surface area contributed by atoms with Gasteiger partial charge < -0.3 is 15.0 Å². The van der Waals surface area contributed by atoms with Crippen LogP contribution in [0, 0.1) is 6.92 Å². The summed E-state index contributed by atoms with van der Waals surface area (Å²) in [6, 6.07) is 8.46. The molecule has 5 heteroatoms. The number of carbonyl (C=O) groups is 1. The van der Waals surface area contributed by atoms with Gasteiger partial charge in [0, 0.05) is 6.54 Å². The Morgan fingerprint density at radius 1 is 1.19 bits per heavy atom. The van der Waals surface area contributed by atoms with E-state index < -0.39 is 6.10 Å². The van der Waals surface area contributed by atoms with Crippen LogP contribution in [0.3, 0.4) is 0 Å². The van der Waals surface area contributed by atoms with Crippen LogP contribution in [-0.2, 0) is 4.79 Å². The third kappa shape index (κ3) is 5.32. The molecule has 2 atom stereocenters. The molecule has 2 rings (SSSR count). The number of nitrogens with one attached hydrogen (secondary N) is 1. The lowest BCUT2D eigenvalue weighted by Crippen LogP contribution is -2.41. The van der Waals surface area contributed by atoms with Gasteiger partial charge >= 0.3 is 0 Å². The molecule has 0 bridgehead atoms. The van der Waals surface area contributed by atoms with Gasteiger partial charge in [0.05, 0.1) is 6.04 Å². The Hall–Kier alpha value is -1.85. The van der Waals surface area contributed by atoms with Crippen LogP contribution in [0.1, 0.15) is 49.4 Å². The molecule has 2 unspecified atom stereocenters. The van der Waals surface area contributed by atoms with E-state index >= 15 is 0 Å². The van der Waals surface area contributed by atoms with E-state index in [-0.39, 0.29) is 11.9 Å². The van der Waals surface area contributed by atoms with Gasteiger partial charge in [-0.25, -0.2) is 0 Å². The van der Waals surface area contributed by atoms with Crippen LogP contribution in [0.2, 0.25) is 0 Å². The molecule has 0 radical (unpaired) electrons. The van der Waals surface area contributed by atoms with Gasteiger partial charge in [0.1, 0.15) is 5.75 Å². The van der Waals surface area contributed by atoms with E-state index in [0.717, 1.165) is 11.3 Å². The maximum atomic E-state index is 12.5. The second-order valence-corrected chi connectivity index (χ2v) is 8.00. The molecule has 1 aromatic carbocycles. The number of carbonyl (C=O) groups excluding carboxylic acids is 1. The largest absolute Gasteiger partial charge is 0.481 e. The van der Waals surface area contributed by atoms with E-state index in [2.05, 4.69) is 47.0 Å². The normalized spacial score (nSPS) is 13.7. The van der Waals surface area contributed by atoms with Crippen molar-refractivity contribution in [3.05, 3.63) is 51.7 Å². The van der Waals surface area contributed by atoms with Crippen molar-refractivity contribution in [1.82, 2.24) is 10.2 Å². The first-order valence-corrected chi connectivity index (χ1v) is 9.97. The summed E-state index contributed by atoms with van der Waals surface area (Å²) in [6.45, 7) is 8.66. The lowest BCUT2D eigenvalue weighted by Gasteiger charge is -2.25. The number of ether oxygens (including phenoxy) is 1. The van der Waals surface area contributed by atoms with Gasteiger partial charge in [-0.15, -0.1) is 0 Å². The Balaban J connectivity index is 1.98. The van der Waals surface area contributed by atoms with Crippen molar-refractivity contribution in [2.45, 2.75) is 45.8 Å². The second-order valence-electron chi connectivity index (χ2n) is 7.22. The molecule has 142 valence electrons. The molecule has 0 aliphatic rings. The van der Waals surface area contributed by atoms with Crippen LogP contribution in [0.25, 0.3) is 0 Å². The molecule has 0 spiro atoms. The first-order chi connectivity index (χ1) is 12.3. The zero-order chi connectivity index (χ0) is 19.3. The SMILES string of the molecule is Cc1ccc(C(C)C)cc1OC(C)C(=O)NCC(c1ccsc1)N(C)C. The highest BCUT2D eigenvalue weighted by molar-refractivity contribution is 7.07. The Morgan fingerprint density at radius 3 is 2.50 bits per heavy atom. The fourth-order valence-corrected chi connectivity index (χ4v) is 3.46. The number of benzene rings is 1. The molecular formula is C21H30N2O2S. The zero-order valence-electron chi connectivity index (χ0n) is 16.6. The van der Waals surface area contributed by atoms with Gasteiger partial charge in [-0.3, -0.25) is 4.79 Å². The monoisotopic (exact) mass is 374 g/mol. The highest BCUT2D eigenvalue weighted by Crippen LogP contribution is 2.25. The predicted octanol–water partition coefficient (Wildman–Crippen LogP) is 4.37. The molecule has 0 fully saturated rings. The summed E-state index contributed by atoms with van der Waals surface area (Å²) in [5.74, 6) is 1.11. The number of hydrogen-bond donors (Lipinski definition) is 1. The molecule has 1 N–H and O–H groups in total. The number of hydrogen-bond acceptors (Lipinski definition) is 4. The van der Waals surface area contributed by atoms with Crippen LogP contribution >= 0.6 is 11.3 Å². The van der Waals surface area contributed by atoms with Crippen LogP contribution < -0.4 is 10.1 Å². The van der Waals surface area contributed by atoms with E-state index in [1.165, 1.54) is 11.1 Å². The van der Waals surface area contributed by atoms with Gasteiger partial charge in [0.15, 0.2) is 6.10 Å². The molecule has 1 amide bonds. The Bertz CT molecular complexity index is 711. The fourth-order valence-electron chi connectivity index (χ4n) is 2.75. The standard InChI is InChI=1S/C21H30N2O2S/c1-14(2)17-8-7-15(3)20(11-17)25-16(4)21(24)22-12-19(23(5)6)18-9-10-26-13-18/h7-11,13-14,16,19H,12H2,1-6H3,(H,22,24). The lowest BCUT2D eigenvalue weighted by molar-refractivity contribution is -0.127. The zero-order valence-corrected chi connectivity index (χ0v) is 17.4. The molecule has 0 saturated heterocycles. The van der Waals surface area contributed by atoms with Crippen molar-refractivity contribution in [3.63, 3.8) is 0 Å². The number of likely N-dealkylation sites (N-methyl/N-ethyl adjacent to an activating group) is 1. The van der Waals surface area contributed by atoms with Crippen molar-refractivity contribution in [2.24, 2.45) is 0 Å². The molecule has 0 aliphatic heterocycles. The number of nitrogens with zero attached hydrogens (tertiary/aromatic N) is 1. The van der Waals surface area contributed by atoms with Gasteiger partial charge in [-0.05, 0) is 73.4 Å². The Labute approximate surface area is 161 Å². The summed E-state index contributed by atoms with van der Waals surface area (Å²) in [4.78, 5) is 14.6. The number of rotatable bonds is 8. The van der Waals surface area contributed by atoms with Crippen molar-refractivity contribution >= 4 is 17.2 Å². The number of aryl methyl sites for hydroxylation is 1. The highest BCUT2D eigenvalue weighted by Gasteiger charge is 2.20. The van der Waals surface area contributed by atoms with Crippen molar-refractivity contribution in [2.75, 3.05) is 20.6 Å². The summed E-state index contributed by atoms with van der Waals surface area (Å²) >= 11 is 1.67. The molecular weight excluding hydrogens is 344 g/mol. The predicted molar refractivity (Wildman–Crippen MR) is 109 cm³/mol. The van der Waals surface area contributed by atoms with Crippen LogP contribution in [-0.4, -0.2) is 37.6 Å². The topological polar surface area (TPSA) is 41.6 Å². The molecule has 1 aromatic heterocycles. The molecule has 2 aromatic rings. The minimum atomic E-state index is -0.540. The summed E-state index contributed by atoms with van der Waals surface area (Å²) in [5, 5.41) is 7.21. The molecule has 26 heavy (non-hydrogen) atoms. The van der Waals surface area contributed by atoms with Crippen LogP contribution in [0.4, 0.5) is 0 Å². The second kappa shape index (κ2) is 9.19. The van der Waals surface area contributed by atoms with Gasteiger partial charge in [0.25, 0.3) is 5.91 Å². The van der Waals surface area contributed by atoms with Crippen LogP contribution in [0.15, 0.2) is 35.0 Å². The quantitative estimate of drug-likeness (QED) is 0.746. The molecule has 0 saturated carbocycles. The maximum Gasteiger partial charge on any atom is 0.260 e. The first kappa shape index (κ1) is 20.5. The fraction of sp³-hybridized carbons (Fsp3) is 0.476. The summed E-state index contributed by atoms with van der Waals surface area (Å²) in [7, 11) is 4.05. The minimum absolute atomic E-state index is 0.0959. The Kier molecular flexibility index (Phi) is 7.23. The summed E-state index contributed by atoms with van der Waals surface area (Å²) < 4.78 is 5.96. The first-order valence-electron chi connectivity index (χ1n) is 9.03. The van der Waals surface area contributed by atoms with Crippen molar-refractivity contribution < 1.29 is 9.53 Å². The van der Waals surface area contributed by atoms with Crippen molar-refractivity contribution in [3.8, 4) is 5.75 Å². The van der Waals surface area contributed by atoms with Crippen LogP contribution in [0.5, 0.6) is 5.75 Å². The van der Waals surface area contributed by atoms with E-state index in [0.29, 0.717) is 12.5 Å². The van der Waals surface area contributed by atoms with Crippen molar-refractivity contribution in [1.29, 1.82) is 0 Å². The summed E-state index contributed by atoms with van der Waals surface area (Å²) in [6.07, 6.45) is -0.540. The summed E-state index contributed by atoms with van der Waals surface area (Å²) in [5.41, 5.74) is 3.47. The third-order valence-corrected chi connectivity index (χ3v) is 5.27. The third-order valence-electron chi connectivity index (χ3n) is 4.57.